The number of hydrogen-bond donors (Lipinski definition) is 2. The number of fused-ring (bicyclic) bond motifs is 1. The maximum absolute atomic E-state index is 11.4. The molecule has 1 aliphatic rings. The average Bonchev–Trinajstić information content (AvgIpc) is 2.38. The maximum atomic E-state index is 11.4. The zero-order chi connectivity index (χ0) is 13.1. The first-order chi connectivity index (χ1) is 8.65. The SMILES string of the molecule is CCNC1CCN(C(C)C(N)=O)c2ccccc21. The predicted molar refractivity (Wildman–Crippen MR) is 73.5 cm³/mol. The third-order valence-electron chi connectivity index (χ3n) is 3.61. The fourth-order valence-corrected chi connectivity index (χ4v) is 2.60. The van der Waals surface area contributed by atoms with Crippen molar-refractivity contribution in [2.45, 2.75) is 32.4 Å². The van der Waals surface area contributed by atoms with Gasteiger partial charge in [0.15, 0.2) is 0 Å². The van der Waals surface area contributed by atoms with Crippen LogP contribution in [0.25, 0.3) is 0 Å². The number of nitrogens with zero attached hydrogens (tertiary/aromatic N) is 1. The Morgan fingerprint density at radius 1 is 1.56 bits per heavy atom. The van der Waals surface area contributed by atoms with Crippen molar-refractivity contribution in [2.24, 2.45) is 5.73 Å². The molecule has 2 rings (SSSR count). The van der Waals surface area contributed by atoms with Crippen molar-refractivity contribution in [3.05, 3.63) is 29.8 Å². The summed E-state index contributed by atoms with van der Waals surface area (Å²) in [4.78, 5) is 13.5. The molecule has 4 heteroatoms. The number of nitrogens with one attached hydrogen (secondary N) is 1. The lowest BCUT2D eigenvalue weighted by molar-refractivity contribution is -0.119. The molecule has 2 atom stereocenters. The predicted octanol–water partition coefficient (Wildman–Crippen LogP) is 1.42. The first kappa shape index (κ1) is 12.9. The molecule has 0 fully saturated rings. The highest BCUT2D eigenvalue weighted by molar-refractivity contribution is 5.83. The molecule has 1 aromatic rings. The third kappa shape index (κ3) is 2.34. The van der Waals surface area contributed by atoms with E-state index in [2.05, 4.69) is 29.3 Å². The van der Waals surface area contributed by atoms with E-state index in [0.717, 1.165) is 25.2 Å². The third-order valence-corrected chi connectivity index (χ3v) is 3.61. The summed E-state index contributed by atoms with van der Waals surface area (Å²) in [6.07, 6.45) is 1.00. The lowest BCUT2D eigenvalue weighted by atomic mass is 9.95. The topological polar surface area (TPSA) is 58.4 Å². The fourth-order valence-electron chi connectivity index (χ4n) is 2.60. The Morgan fingerprint density at radius 2 is 2.28 bits per heavy atom. The molecule has 0 bridgehead atoms. The molecule has 0 saturated heterocycles. The Labute approximate surface area is 108 Å². The van der Waals surface area contributed by atoms with Gasteiger partial charge in [-0.25, -0.2) is 0 Å². The van der Waals surface area contributed by atoms with Gasteiger partial charge in [0.1, 0.15) is 6.04 Å². The van der Waals surface area contributed by atoms with Gasteiger partial charge in [-0.3, -0.25) is 4.79 Å². The first-order valence-electron chi connectivity index (χ1n) is 6.53. The van der Waals surface area contributed by atoms with Crippen LogP contribution in [0.2, 0.25) is 0 Å². The van der Waals surface area contributed by atoms with E-state index in [1.54, 1.807) is 0 Å². The van der Waals surface area contributed by atoms with E-state index >= 15 is 0 Å². The van der Waals surface area contributed by atoms with Crippen molar-refractivity contribution < 1.29 is 4.79 Å². The summed E-state index contributed by atoms with van der Waals surface area (Å²) in [6, 6.07) is 8.37. The molecule has 1 amide bonds. The van der Waals surface area contributed by atoms with Crippen LogP contribution in [-0.4, -0.2) is 25.0 Å². The molecule has 0 radical (unpaired) electrons. The summed E-state index contributed by atoms with van der Waals surface area (Å²) >= 11 is 0. The van der Waals surface area contributed by atoms with Gasteiger partial charge >= 0.3 is 0 Å². The minimum atomic E-state index is -0.272. The van der Waals surface area contributed by atoms with Crippen molar-refractivity contribution in [3.8, 4) is 0 Å². The fraction of sp³-hybridized carbons (Fsp3) is 0.500. The van der Waals surface area contributed by atoms with Gasteiger partial charge in [-0.15, -0.1) is 0 Å². The molecule has 0 aliphatic carbocycles. The number of nitrogens with two attached hydrogens (primary N) is 1. The summed E-state index contributed by atoms with van der Waals surface area (Å²) in [5, 5.41) is 3.49. The van der Waals surface area contributed by atoms with E-state index in [0.29, 0.717) is 6.04 Å². The van der Waals surface area contributed by atoms with E-state index < -0.39 is 0 Å². The number of rotatable bonds is 4. The molecule has 3 N–H and O–H groups in total. The van der Waals surface area contributed by atoms with Crippen molar-refractivity contribution in [1.82, 2.24) is 5.32 Å². The van der Waals surface area contributed by atoms with Crippen LogP contribution in [0.4, 0.5) is 5.69 Å². The maximum Gasteiger partial charge on any atom is 0.239 e. The lowest BCUT2D eigenvalue weighted by Crippen LogP contribution is -2.47. The Kier molecular flexibility index (Phi) is 3.87. The molecule has 0 aromatic heterocycles. The molecule has 2 unspecified atom stereocenters. The van der Waals surface area contributed by atoms with Crippen molar-refractivity contribution in [3.63, 3.8) is 0 Å². The zero-order valence-electron chi connectivity index (χ0n) is 11.0. The lowest BCUT2D eigenvalue weighted by Gasteiger charge is -2.38. The number of primary amides is 1. The van der Waals surface area contributed by atoms with E-state index in [1.807, 2.05) is 19.1 Å². The highest BCUT2D eigenvalue weighted by atomic mass is 16.1. The number of benzene rings is 1. The highest BCUT2D eigenvalue weighted by Gasteiger charge is 2.28. The van der Waals surface area contributed by atoms with Crippen molar-refractivity contribution in [1.29, 1.82) is 0 Å². The van der Waals surface area contributed by atoms with E-state index in [1.165, 1.54) is 5.56 Å². The van der Waals surface area contributed by atoms with Crippen LogP contribution < -0.4 is 16.0 Å². The van der Waals surface area contributed by atoms with E-state index in [-0.39, 0.29) is 11.9 Å². The number of amides is 1. The number of carbonyl (C=O) groups excluding carboxylic acids is 1. The minimum absolute atomic E-state index is 0.256. The summed E-state index contributed by atoms with van der Waals surface area (Å²) in [5.74, 6) is -0.272. The smallest absolute Gasteiger partial charge is 0.239 e. The highest BCUT2D eigenvalue weighted by Crippen LogP contribution is 2.34. The van der Waals surface area contributed by atoms with Gasteiger partial charge in [0.25, 0.3) is 0 Å². The van der Waals surface area contributed by atoms with Gasteiger partial charge in [-0.1, -0.05) is 25.1 Å². The molecule has 1 aromatic carbocycles. The largest absolute Gasteiger partial charge is 0.368 e. The van der Waals surface area contributed by atoms with Crippen LogP contribution in [0, 0.1) is 0 Å². The van der Waals surface area contributed by atoms with Gasteiger partial charge < -0.3 is 16.0 Å². The molecule has 1 aliphatic heterocycles. The van der Waals surface area contributed by atoms with Crippen molar-refractivity contribution >= 4 is 11.6 Å². The molecule has 0 saturated carbocycles. The van der Waals surface area contributed by atoms with Gasteiger partial charge in [0.2, 0.25) is 5.91 Å². The standard InChI is InChI=1S/C14H21N3O/c1-3-16-12-8-9-17(10(2)14(15)18)13-7-5-4-6-11(12)13/h4-7,10,12,16H,3,8-9H2,1-2H3,(H2,15,18). The second-order valence-corrected chi connectivity index (χ2v) is 4.73. The molecular weight excluding hydrogens is 226 g/mol. The summed E-state index contributed by atoms with van der Waals surface area (Å²) in [7, 11) is 0. The Bertz CT molecular complexity index is 433. The van der Waals surface area contributed by atoms with Crippen LogP contribution >= 0.6 is 0 Å². The monoisotopic (exact) mass is 247 g/mol. The first-order valence-corrected chi connectivity index (χ1v) is 6.53. The summed E-state index contributed by atoms with van der Waals surface area (Å²) in [6.45, 7) is 5.79. The Morgan fingerprint density at radius 3 is 2.94 bits per heavy atom. The van der Waals surface area contributed by atoms with Gasteiger partial charge in [-0.05, 0) is 31.5 Å². The minimum Gasteiger partial charge on any atom is -0.368 e. The summed E-state index contributed by atoms with van der Waals surface area (Å²) in [5.41, 5.74) is 7.81. The van der Waals surface area contributed by atoms with Crippen LogP contribution in [0.3, 0.4) is 0 Å². The molecule has 0 spiro atoms. The number of carbonyl (C=O) groups is 1. The second kappa shape index (κ2) is 5.40. The van der Waals surface area contributed by atoms with Gasteiger partial charge in [0.05, 0.1) is 0 Å². The van der Waals surface area contributed by atoms with Crippen LogP contribution in [0.1, 0.15) is 31.9 Å². The Balaban J connectivity index is 2.33. The van der Waals surface area contributed by atoms with Crippen LogP contribution in [0.5, 0.6) is 0 Å². The van der Waals surface area contributed by atoms with Crippen molar-refractivity contribution in [2.75, 3.05) is 18.0 Å². The van der Waals surface area contributed by atoms with Crippen LogP contribution in [-0.2, 0) is 4.79 Å². The quantitative estimate of drug-likeness (QED) is 0.846. The molecular formula is C14H21N3O. The molecule has 18 heavy (non-hydrogen) atoms. The van der Waals surface area contributed by atoms with E-state index in [4.69, 9.17) is 5.73 Å². The number of para-hydroxylation sites is 1. The summed E-state index contributed by atoms with van der Waals surface area (Å²) < 4.78 is 0. The van der Waals surface area contributed by atoms with E-state index in [9.17, 15) is 4.79 Å². The van der Waals surface area contributed by atoms with Crippen LogP contribution in [0.15, 0.2) is 24.3 Å². The second-order valence-electron chi connectivity index (χ2n) is 4.73. The van der Waals surface area contributed by atoms with Gasteiger partial charge in [-0.2, -0.15) is 0 Å². The average molecular weight is 247 g/mol. The number of anilines is 1. The zero-order valence-corrected chi connectivity index (χ0v) is 11.0. The van der Waals surface area contributed by atoms with Gasteiger partial charge in [0, 0.05) is 18.3 Å². The Hall–Kier alpha value is -1.55. The molecule has 4 nitrogen and oxygen atoms in total. The normalized spacial score (nSPS) is 20.3. The molecule has 1 heterocycles. The molecule has 98 valence electrons. The number of hydrogen-bond acceptors (Lipinski definition) is 3.